The summed E-state index contributed by atoms with van der Waals surface area (Å²) in [4.78, 5) is 12.3. The summed E-state index contributed by atoms with van der Waals surface area (Å²) in [7, 11) is 1.46. The molecule has 2 aromatic rings. The highest BCUT2D eigenvalue weighted by atomic mass is 16.5. The SMILES string of the molecule is COc1ccc(C(=O)/C=C/c2ccc3c(c2)C=CC(C)(C)O3)cc1O. The number of ether oxygens (including phenoxy) is 2. The number of carbonyl (C=O) groups excluding carboxylic acids is 1. The molecule has 0 amide bonds. The molecular weight excluding hydrogens is 316 g/mol. The molecule has 4 heteroatoms. The minimum atomic E-state index is -0.309. The maximum atomic E-state index is 12.3. The summed E-state index contributed by atoms with van der Waals surface area (Å²) >= 11 is 0. The van der Waals surface area contributed by atoms with E-state index in [1.54, 1.807) is 18.2 Å². The van der Waals surface area contributed by atoms with Crippen LogP contribution in [0, 0.1) is 0 Å². The van der Waals surface area contributed by atoms with Gasteiger partial charge in [-0.3, -0.25) is 4.79 Å². The smallest absolute Gasteiger partial charge is 0.185 e. The van der Waals surface area contributed by atoms with E-state index in [0.717, 1.165) is 16.9 Å². The van der Waals surface area contributed by atoms with Crippen molar-refractivity contribution in [3.8, 4) is 17.2 Å². The lowest BCUT2D eigenvalue weighted by molar-refractivity contribution is 0.104. The summed E-state index contributed by atoms with van der Waals surface area (Å²) in [5.41, 5.74) is 1.97. The molecule has 0 saturated carbocycles. The molecule has 4 nitrogen and oxygen atoms in total. The first-order valence-corrected chi connectivity index (χ1v) is 8.00. The van der Waals surface area contributed by atoms with Crippen LogP contribution < -0.4 is 9.47 Å². The monoisotopic (exact) mass is 336 g/mol. The van der Waals surface area contributed by atoms with Gasteiger partial charge in [-0.05, 0) is 61.9 Å². The molecule has 3 rings (SSSR count). The van der Waals surface area contributed by atoms with Crippen LogP contribution in [-0.4, -0.2) is 23.6 Å². The lowest BCUT2D eigenvalue weighted by Gasteiger charge is -2.27. The van der Waals surface area contributed by atoms with Crippen molar-refractivity contribution in [2.45, 2.75) is 19.4 Å². The Morgan fingerprint density at radius 2 is 2.00 bits per heavy atom. The molecule has 0 aliphatic carbocycles. The van der Waals surface area contributed by atoms with Gasteiger partial charge in [-0.1, -0.05) is 18.2 Å². The molecule has 128 valence electrons. The third-order valence-electron chi connectivity index (χ3n) is 3.96. The van der Waals surface area contributed by atoms with Gasteiger partial charge in [0.15, 0.2) is 17.3 Å². The predicted octanol–water partition coefficient (Wildman–Crippen LogP) is 4.48. The highest BCUT2D eigenvalue weighted by molar-refractivity contribution is 6.07. The Morgan fingerprint density at radius 3 is 2.72 bits per heavy atom. The van der Waals surface area contributed by atoms with Gasteiger partial charge in [0, 0.05) is 11.1 Å². The first-order valence-electron chi connectivity index (χ1n) is 8.00. The summed E-state index contributed by atoms with van der Waals surface area (Å²) in [6.07, 6.45) is 7.27. The molecule has 0 unspecified atom stereocenters. The van der Waals surface area contributed by atoms with Gasteiger partial charge in [0.25, 0.3) is 0 Å². The van der Waals surface area contributed by atoms with E-state index in [-0.39, 0.29) is 17.1 Å². The molecular formula is C21H20O4. The lowest BCUT2D eigenvalue weighted by atomic mass is 10.0. The molecule has 0 aromatic heterocycles. The molecule has 1 aliphatic heterocycles. The first-order chi connectivity index (χ1) is 11.9. The maximum Gasteiger partial charge on any atom is 0.185 e. The lowest BCUT2D eigenvalue weighted by Crippen LogP contribution is -2.27. The second kappa shape index (κ2) is 6.48. The van der Waals surface area contributed by atoms with Crippen LogP contribution >= 0.6 is 0 Å². The highest BCUT2D eigenvalue weighted by Gasteiger charge is 2.21. The highest BCUT2D eigenvalue weighted by Crippen LogP contribution is 2.31. The molecule has 0 radical (unpaired) electrons. The molecule has 1 heterocycles. The number of allylic oxidation sites excluding steroid dienone is 1. The van der Waals surface area contributed by atoms with Crippen molar-refractivity contribution in [1.82, 2.24) is 0 Å². The van der Waals surface area contributed by atoms with Gasteiger partial charge in [-0.2, -0.15) is 0 Å². The van der Waals surface area contributed by atoms with E-state index < -0.39 is 0 Å². The van der Waals surface area contributed by atoms with Crippen molar-refractivity contribution in [3.05, 3.63) is 65.2 Å². The number of methoxy groups -OCH3 is 1. The van der Waals surface area contributed by atoms with E-state index >= 15 is 0 Å². The Morgan fingerprint density at radius 1 is 1.20 bits per heavy atom. The molecule has 0 fully saturated rings. The Bertz CT molecular complexity index is 875. The standard InChI is InChI=1S/C21H20O4/c1-21(2)11-10-16-12-14(5-8-19(16)25-21)4-7-17(22)15-6-9-20(24-3)18(23)13-15/h4-13,23H,1-3H3/b7-4+. The van der Waals surface area contributed by atoms with E-state index in [0.29, 0.717) is 11.3 Å². The van der Waals surface area contributed by atoms with Crippen LogP contribution in [0.15, 0.2) is 48.6 Å². The minimum Gasteiger partial charge on any atom is -0.504 e. The van der Waals surface area contributed by atoms with Crippen LogP contribution in [-0.2, 0) is 0 Å². The summed E-state index contributed by atoms with van der Waals surface area (Å²) in [5.74, 6) is 0.921. The number of ketones is 1. The van der Waals surface area contributed by atoms with Crippen LogP contribution in [0.2, 0.25) is 0 Å². The second-order valence-corrected chi connectivity index (χ2v) is 6.42. The van der Waals surface area contributed by atoms with Crippen molar-refractivity contribution in [1.29, 1.82) is 0 Å². The second-order valence-electron chi connectivity index (χ2n) is 6.42. The van der Waals surface area contributed by atoms with Crippen LogP contribution in [0.5, 0.6) is 17.2 Å². The van der Waals surface area contributed by atoms with Gasteiger partial charge in [-0.15, -0.1) is 0 Å². The summed E-state index contributed by atoms with van der Waals surface area (Å²) in [6, 6.07) is 10.4. The zero-order valence-electron chi connectivity index (χ0n) is 14.4. The Kier molecular flexibility index (Phi) is 4.36. The van der Waals surface area contributed by atoms with Gasteiger partial charge in [0.05, 0.1) is 7.11 Å². The Labute approximate surface area is 147 Å². The van der Waals surface area contributed by atoms with Gasteiger partial charge in [-0.25, -0.2) is 0 Å². The zero-order chi connectivity index (χ0) is 18.0. The molecule has 0 atom stereocenters. The number of fused-ring (bicyclic) bond motifs is 1. The fraction of sp³-hybridized carbons (Fsp3) is 0.190. The average Bonchev–Trinajstić information content (AvgIpc) is 2.59. The van der Waals surface area contributed by atoms with E-state index in [4.69, 9.17) is 9.47 Å². The van der Waals surface area contributed by atoms with Crippen molar-refractivity contribution in [2.75, 3.05) is 7.11 Å². The Hall–Kier alpha value is -3.01. The van der Waals surface area contributed by atoms with Crippen molar-refractivity contribution < 1.29 is 19.4 Å². The molecule has 25 heavy (non-hydrogen) atoms. The van der Waals surface area contributed by atoms with Crippen LogP contribution in [0.1, 0.15) is 35.3 Å². The molecule has 0 saturated heterocycles. The number of benzene rings is 2. The third-order valence-corrected chi connectivity index (χ3v) is 3.96. The predicted molar refractivity (Wildman–Crippen MR) is 98.2 cm³/mol. The van der Waals surface area contributed by atoms with Gasteiger partial charge in [0.1, 0.15) is 11.4 Å². The quantitative estimate of drug-likeness (QED) is 0.660. The molecule has 0 bridgehead atoms. The number of aromatic hydroxyl groups is 1. The van der Waals surface area contributed by atoms with Crippen LogP contribution in [0.25, 0.3) is 12.2 Å². The fourth-order valence-corrected chi connectivity index (χ4v) is 2.61. The van der Waals surface area contributed by atoms with Crippen molar-refractivity contribution in [2.24, 2.45) is 0 Å². The summed E-state index contributed by atoms with van der Waals surface area (Å²) < 4.78 is 10.9. The van der Waals surface area contributed by atoms with E-state index in [1.807, 2.05) is 44.2 Å². The maximum absolute atomic E-state index is 12.3. The number of phenolic OH excluding ortho intramolecular Hbond substituents is 1. The third kappa shape index (κ3) is 3.74. The molecule has 1 N–H and O–H groups in total. The van der Waals surface area contributed by atoms with Crippen LogP contribution in [0.3, 0.4) is 0 Å². The summed E-state index contributed by atoms with van der Waals surface area (Å²) in [6.45, 7) is 4.01. The van der Waals surface area contributed by atoms with Gasteiger partial charge < -0.3 is 14.6 Å². The van der Waals surface area contributed by atoms with Crippen molar-refractivity contribution >= 4 is 17.9 Å². The van der Waals surface area contributed by atoms with Crippen molar-refractivity contribution in [3.63, 3.8) is 0 Å². The minimum absolute atomic E-state index is 0.0552. The number of hydrogen-bond acceptors (Lipinski definition) is 4. The van der Waals surface area contributed by atoms with E-state index in [2.05, 4.69) is 0 Å². The van der Waals surface area contributed by atoms with Gasteiger partial charge in [0.2, 0.25) is 0 Å². The molecule has 1 aliphatic rings. The topological polar surface area (TPSA) is 55.8 Å². The van der Waals surface area contributed by atoms with E-state index in [9.17, 15) is 9.90 Å². The normalized spacial score (nSPS) is 14.8. The number of rotatable bonds is 4. The fourth-order valence-electron chi connectivity index (χ4n) is 2.61. The Balaban J connectivity index is 1.78. The van der Waals surface area contributed by atoms with E-state index in [1.165, 1.54) is 19.3 Å². The van der Waals surface area contributed by atoms with Crippen LogP contribution in [0.4, 0.5) is 0 Å². The number of carbonyl (C=O) groups is 1. The number of hydrogen-bond donors (Lipinski definition) is 1. The zero-order valence-corrected chi connectivity index (χ0v) is 14.4. The molecule has 2 aromatic carbocycles. The molecule has 0 spiro atoms. The van der Waals surface area contributed by atoms with Gasteiger partial charge >= 0.3 is 0 Å². The summed E-state index contributed by atoms with van der Waals surface area (Å²) in [5, 5.41) is 9.78. The largest absolute Gasteiger partial charge is 0.504 e. The first kappa shape index (κ1) is 16.8. The number of phenols is 1. The average molecular weight is 336 g/mol.